The zero-order valence-electron chi connectivity index (χ0n) is 10.9. The smallest absolute Gasteiger partial charge is 0.290 e. The third-order valence-corrected chi connectivity index (χ3v) is 4.32. The van der Waals surface area contributed by atoms with Crippen molar-refractivity contribution < 1.29 is 9.72 Å². The van der Waals surface area contributed by atoms with Gasteiger partial charge in [0.05, 0.1) is 9.95 Å². The number of amides is 1. The summed E-state index contributed by atoms with van der Waals surface area (Å²) >= 11 is 13.1. The summed E-state index contributed by atoms with van der Waals surface area (Å²) in [5, 5.41) is 14.6. The van der Waals surface area contributed by atoms with Crippen LogP contribution in [0.3, 0.4) is 0 Å². The van der Waals surface area contributed by atoms with Crippen molar-refractivity contribution in [1.29, 1.82) is 0 Å². The fraction of sp³-hybridized carbons (Fsp3) is 0.154. The maximum absolute atomic E-state index is 12.3. The van der Waals surface area contributed by atoms with Gasteiger partial charge in [-0.1, -0.05) is 23.2 Å². The van der Waals surface area contributed by atoms with Crippen molar-refractivity contribution in [2.75, 3.05) is 7.05 Å². The van der Waals surface area contributed by atoms with E-state index in [0.29, 0.717) is 6.54 Å². The number of hydrogen-bond donors (Lipinski definition) is 0. The van der Waals surface area contributed by atoms with Crippen molar-refractivity contribution in [3.8, 4) is 0 Å². The zero-order valence-corrected chi connectivity index (χ0v) is 13.2. The molecule has 0 saturated heterocycles. The fourth-order valence-corrected chi connectivity index (χ4v) is 2.83. The van der Waals surface area contributed by atoms with Crippen molar-refractivity contribution in [3.63, 3.8) is 0 Å². The Hall–Kier alpha value is -1.63. The highest BCUT2D eigenvalue weighted by molar-refractivity contribution is 7.07. The van der Waals surface area contributed by atoms with E-state index < -0.39 is 4.92 Å². The number of halogens is 2. The van der Waals surface area contributed by atoms with Crippen LogP contribution >= 0.6 is 34.5 Å². The Bertz CT molecular complexity index is 689. The predicted octanol–water partition coefficient (Wildman–Crippen LogP) is 4.24. The van der Waals surface area contributed by atoms with Gasteiger partial charge in [-0.05, 0) is 28.5 Å². The first kappa shape index (κ1) is 15.8. The third-order valence-electron chi connectivity index (χ3n) is 2.80. The largest absolute Gasteiger partial charge is 0.337 e. The third kappa shape index (κ3) is 3.53. The summed E-state index contributed by atoms with van der Waals surface area (Å²) in [5.74, 6) is -0.358. The van der Waals surface area contributed by atoms with Crippen molar-refractivity contribution in [2.24, 2.45) is 0 Å². The second kappa shape index (κ2) is 6.43. The molecule has 0 saturated carbocycles. The Balaban J connectivity index is 2.28. The van der Waals surface area contributed by atoms with Crippen LogP contribution in [0, 0.1) is 10.1 Å². The molecule has 0 N–H and O–H groups in total. The lowest BCUT2D eigenvalue weighted by molar-refractivity contribution is -0.384. The van der Waals surface area contributed by atoms with Gasteiger partial charge in [0.25, 0.3) is 11.6 Å². The van der Waals surface area contributed by atoms with E-state index in [1.807, 2.05) is 16.8 Å². The molecule has 0 aliphatic carbocycles. The molecule has 0 aliphatic rings. The molecule has 0 bridgehead atoms. The quantitative estimate of drug-likeness (QED) is 0.615. The minimum absolute atomic E-state index is 0.0156. The van der Waals surface area contributed by atoms with E-state index in [2.05, 4.69) is 0 Å². The molecule has 8 heteroatoms. The van der Waals surface area contributed by atoms with E-state index in [4.69, 9.17) is 23.2 Å². The van der Waals surface area contributed by atoms with Gasteiger partial charge in [0, 0.05) is 25.2 Å². The van der Waals surface area contributed by atoms with Crippen LogP contribution in [0.1, 0.15) is 15.9 Å². The first-order valence-electron chi connectivity index (χ1n) is 5.80. The number of nitro groups is 1. The van der Waals surface area contributed by atoms with Gasteiger partial charge in [0.15, 0.2) is 0 Å². The van der Waals surface area contributed by atoms with Crippen LogP contribution in [0.25, 0.3) is 0 Å². The summed E-state index contributed by atoms with van der Waals surface area (Å²) in [6, 6.07) is 4.38. The van der Waals surface area contributed by atoms with Crippen LogP contribution < -0.4 is 0 Å². The van der Waals surface area contributed by atoms with Crippen molar-refractivity contribution in [1.82, 2.24) is 4.90 Å². The van der Waals surface area contributed by atoms with E-state index in [0.717, 1.165) is 11.6 Å². The highest BCUT2D eigenvalue weighted by Crippen LogP contribution is 2.33. The molecule has 0 radical (unpaired) electrons. The molecular weight excluding hydrogens is 335 g/mol. The minimum atomic E-state index is -0.663. The summed E-state index contributed by atoms with van der Waals surface area (Å²) in [4.78, 5) is 24.0. The number of nitrogens with zero attached hydrogens (tertiary/aromatic N) is 2. The maximum atomic E-state index is 12.3. The molecule has 1 aromatic carbocycles. The average Bonchev–Trinajstić information content (AvgIpc) is 2.93. The summed E-state index contributed by atoms with van der Waals surface area (Å²) in [6.45, 7) is 0.413. The van der Waals surface area contributed by atoms with Crippen molar-refractivity contribution >= 4 is 46.1 Å². The number of thiophene rings is 1. The van der Waals surface area contributed by atoms with Crippen molar-refractivity contribution in [3.05, 3.63) is 60.2 Å². The number of carbonyl (C=O) groups is 1. The number of hydrogen-bond acceptors (Lipinski definition) is 4. The monoisotopic (exact) mass is 344 g/mol. The normalized spacial score (nSPS) is 10.4. The lowest BCUT2D eigenvalue weighted by atomic mass is 10.1. The predicted molar refractivity (Wildman–Crippen MR) is 83.2 cm³/mol. The van der Waals surface area contributed by atoms with Gasteiger partial charge < -0.3 is 4.90 Å². The number of rotatable bonds is 4. The summed E-state index contributed by atoms with van der Waals surface area (Å²) in [5.41, 5.74) is 0.746. The molecule has 0 atom stereocenters. The Labute approximate surface area is 134 Å². The molecule has 0 fully saturated rings. The molecule has 2 rings (SSSR count). The van der Waals surface area contributed by atoms with Crippen LogP contribution in [0.15, 0.2) is 29.0 Å². The second-order valence-electron chi connectivity index (χ2n) is 4.34. The SMILES string of the molecule is CN(Cc1ccsc1)C(=O)c1cc(Cl)c(Cl)c([N+](=O)[O-])c1. The molecular formula is C13H10Cl2N2O3S. The highest BCUT2D eigenvalue weighted by atomic mass is 35.5. The molecule has 0 spiro atoms. The average molecular weight is 345 g/mol. The number of nitro benzene ring substituents is 1. The van der Waals surface area contributed by atoms with Crippen molar-refractivity contribution in [2.45, 2.75) is 6.54 Å². The first-order chi connectivity index (χ1) is 9.90. The molecule has 2 aromatic rings. The Morgan fingerprint density at radius 1 is 1.43 bits per heavy atom. The number of benzene rings is 1. The topological polar surface area (TPSA) is 63.5 Å². The fourth-order valence-electron chi connectivity index (χ4n) is 1.78. The molecule has 0 unspecified atom stereocenters. The van der Waals surface area contributed by atoms with Gasteiger partial charge in [-0.3, -0.25) is 14.9 Å². The van der Waals surface area contributed by atoms with E-state index in [-0.39, 0.29) is 27.2 Å². The maximum Gasteiger partial charge on any atom is 0.290 e. The van der Waals surface area contributed by atoms with Crippen LogP contribution in [0.2, 0.25) is 10.0 Å². The van der Waals surface area contributed by atoms with Gasteiger partial charge in [-0.15, -0.1) is 0 Å². The highest BCUT2D eigenvalue weighted by Gasteiger charge is 2.21. The molecule has 1 amide bonds. The first-order valence-corrected chi connectivity index (χ1v) is 7.50. The van der Waals surface area contributed by atoms with Gasteiger partial charge in [-0.2, -0.15) is 11.3 Å². The van der Waals surface area contributed by atoms with Gasteiger partial charge >= 0.3 is 0 Å². The summed E-state index contributed by atoms with van der Waals surface area (Å²) < 4.78 is 0. The van der Waals surface area contributed by atoms with Crippen LogP contribution in [-0.4, -0.2) is 22.8 Å². The number of carbonyl (C=O) groups excluding carboxylic acids is 1. The summed E-state index contributed by atoms with van der Waals surface area (Å²) in [7, 11) is 1.62. The van der Waals surface area contributed by atoms with E-state index in [9.17, 15) is 14.9 Å². The standard InChI is InChI=1S/C13H10Cl2N2O3S/c1-16(6-8-2-3-21-7-8)13(18)9-4-10(14)12(15)11(5-9)17(19)20/h2-5,7H,6H2,1H3. The molecule has 110 valence electrons. The molecule has 1 heterocycles. The second-order valence-corrected chi connectivity index (χ2v) is 5.91. The molecule has 5 nitrogen and oxygen atoms in total. The lowest BCUT2D eigenvalue weighted by Gasteiger charge is -2.16. The lowest BCUT2D eigenvalue weighted by Crippen LogP contribution is -2.26. The van der Waals surface area contributed by atoms with Crippen LogP contribution in [0.5, 0.6) is 0 Å². The van der Waals surface area contributed by atoms with E-state index >= 15 is 0 Å². The van der Waals surface area contributed by atoms with Crippen LogP contribution in [-0.2, 0) is 6.54 Å². The van der Waals surface area contributed by atoms with Gasteiger partial charge in [0.2, 0.25) is 0 Å². The van der Waals surface area contributed by atoms with Gasteiger partial charge in [-0.25, -0.2) is 0 Å². The molecule has 1 aromatic heterocycles. The Morgan fingerprint density at radius 2 is 2.14 bits per heavy atom. The minimum Gasteiger partial charge on any atom is -0.337 e. The van der Waals surface area contributed by atoms with E-state index in [1.54, 1.807) is 7.05 Å². The van der Waals surface area contributed by atoms with E-state index in [1.165, 1.54) is 22.3 Å². The zero-order chi connectivity index (χ0) is 15.6. The molecule has 0 aliphatic heterocycles. The van der Waals surface area contributed by atoms with Crippen LogP contribution in [0.4, 0.5) is 5.69 Å². The Morgan fingerprint density at radius 3 is 2.71 bits per heavy atom. The summed E-state index contributed by atoms with van der Waals surface area (Å²) in [6.07, 6.45) is 0. The Kier molecular flexibility index (Phi) is 4.82. The van der Waals surface area contributed by atoms with Gasteiger partial charge in [0.1, 0.15) is 5.02 Å². The molecule has 21 heavy (non-hydrogen) atoms.